The predicted molar refractivity (Wildman–Crippen MR) is 80.7 cm³/mol. The third-order valence-electron chi connectivity index (χ3n) is 4.43. The number of para-hydroxylation sites is 1. The number of hydrogen-bond acceptors (Lipinski definition) is 2. The Bertz CT molecular complexity index is 659. The Labute approximate surface area is 124 Å². The fraction of sp³-hybridized carbons (Fsp3) is 0.278. The van der Waals surface area contributed by atoms with Crippen molar-refractivity contribution in [2.75, 3.05) is 0 Å². The van der Waals surface area contributed by atoms with Gasteiger partial charge in [0.25, 0.3) is 0 Å². The van der Waals surface area contributed by atoms with Crippen molar-refractivity contribution < 1.29 is 14.6 Å². The molecule has 1 fully saturated rings. The standard InChI is InChI=1S/C18H18O3/c1-17(2)12-18(17,16(19)20)13-8-10-15(11-9-13)21-14-6-4-3-5-7-14/h3-11H,12H2,1-2H3,(H,19,20). The Balaban J connectivity index is 1.84. The van der Waals surface area contributed by atoms with Gasteiger partial charge in [-0.15, -0.1) is 0 Å². The van der Waals surface area contributed by atoms with Crippen LogP contribution >= 0.6 is 0 Å². The largest absolute Gasteiger partial charge is 0.481 e. The molecule has 2 aromatic carbocycles. The summed E-state index contributed by atoms with van der Waals surface area (Å²) in [6, 6.07) is 16.9. The fourth-order valence-electron chi connectivity index (χ4n) is 3.03. The molecule has 1 unspecified atom stereocenters. The molecular weight excluding hydrogens is 264 g/mol. The second-order valence-electron chi connectivity index (χ2n) is 6.21. The van der Waals surface area contributed by atoms with Gasteiger partial charge in [-0.05, 0) is 41.7 Å². The zero-order valence-corrected chi connectivity index (χ0v) is 12.2. The molecule has 3 heteroatoms. The minimum absolute atomic E-state index is 0.194. The second-order valence-corrected chi connectivity index (χ2v) is 6.21. The number of ether oxygens (including phenoxy) is 1. The molecule has 2 aromatic rings. The molecule has 0 spiro atoms. The first kappa shape index (κ1) is 13.7. The Kier molecular flexibility index (Phi) is 3.01. The van der Waals surface area contributed by atoms with Crippen LogP contribution in [-0.4, -0.2) is 11.1 Å². The molecule has 0 saturated heterocycles. The number of carboxylic acid groups (broad SMARTS) is 1. The van der Waals surface area contributed by atoms with Crippen molar-refractivity contribution in [3.8, 4) is 11.5 Å². The number of benzene rings is 2. The Morgan fingerprint density at radius 1 is 1.00 bits per heavy atom. The van der Waals surface area contributed by atoms with E-state index >= 15 is 0 Å². The van der Waals surface area contributed by atoms with Crippen LogP contribution in [0.2, 0.25) is 0 Å². The van der Waals surface area contributed by atoms with Gasteiger partial charge in [-0.1, -0.05) is 44.2 Å². The SMILES string of the molecule is CC1(C)CC1(C(=O)O)c1ccc(Oc2ccccc2)cc1. The molecule has 0 heterocycles. The van der Waals surface area contributed by atoms with Gasteiger partial charge in [0.1, 0.15) is 11.5 Å². The number of carbonyl (C=O) groups is 1. The molecule has 1 saturated carbocycles. The molecule has 0 aliphatic heterocycles. The second kappa shape index (κ2) is 4.62. The lowest BCUT2D eigenvalue weighted by Gasteiger charge is -2.16. The first-order chi connectivity index (χ1) is 9.96. The van der Waals surface area contributed by atoms with Crippen LogP contribution in [0.1, 0.15) is 25.8 Å². The lowest BCUT2D eigenvalue weighted by molar-refractivity contribution is -0.141. The van der Waals surface area contributed by atoms with Gasteiger partial charge in [-0.25, -0.2) is 0 Å². The van der Waals surface area contributed by atoms with E-state index in [2.05, 4.69) is 0 Å². The van der Waals surface area contributed by atoms with Crippen molar-refractivity contribution in [3.63, 3.8) is 0 Å². The van der Waals surface area contributed by atoms with Crippen molar-refractivity contribution in [2.45, 2.75) is 25.7 Å². The smallest absolute Gasteiger partial charge is 0.314 e. The first-order valence-corrected chi connectivity index (χ1v) is 7.03. The van der Waals surface area contributed by atoms with E-state index in [-0.39, 0.29) is 5.41 Å². The van der Waals surface area contributed by atoms with Crippen molar-refractivity contribution in [3.05, 3.63) is 60.2 Å². The molecule has 1 atom stereocenters. The molecule has 0 radical (unpaired) electrons. The van der Waals surface area contributed by atoms with E-state index in [0.717, 1.165) is 11.3 Å². The quantitative estimate of drug-likeness (QED) is 0.912. The minimum Gasteiger partial charge on any atom is -0.481 e. The third kappa shape index (κ3) is 2.19. The molecule has 1 aliphatic rings. The van der Waals surface area contributed by atoms with Crippen LogP contribution in [0.25, 0.3) is 0 Å². The average Bonchev–Trinajstić information content (AvgIpc) is 3.05. The fourth-order valence-corrected chi connectivity index (χ4v) is 3.03. The summed E-state index contributed by atoms with van der Waals surface area (Å²) in [5.41, 5.74) is -0.0979. The molecule has 3 nitrogen and oxygen atoms in total. The van der Waals surface area contributed by atoms with Crippen molar-refractivity contribution >= 4 is 5.97 Å². The summed E-state index contributed by atoms with van der Waals surface area (Å²) in [4.78, 5) is 11.6. The maximum atomic E-state index is 11.6. The van der Waals surface area contributed by atoms with Crippen LogP contribution in [0, 0.1) is 5.41 Å². The van der Waals surface area contributed by atoms with E-state index in [1.54, 1.807) is 0 Å². The summed E-state index contributed by atoms with van der Waals surface area (Å²) >= 11 is 0. The van der Waals surface area contributed by atoms with Crippen molar-refractivity contribution in [1.82, 2.24) is 0 Å². The number of hydrogen-bond donors (Lipinski definition) is 1. The normalized spacial score (nSPS) is 22.6. The summed E-state index contributed by atoms with van der Waals surface area (Å²) in [5.74, 6) is 0.734. The topological polar surface area (TPSA) is 46.5 Å². The molecule has 108 valence electrons. The molecule has 1 aliphatic carbocycles. The van der Waals surface area contributed by atoms with E-state index in [9.17, 15) is 9.90 Å². The number of carboxylic acids is 1. The van der Waals surface area contributed by atoms with Gasteiger partial charge in [-0.3, -0.25) is 4.79 Å². The summed E-state index contributed by atoms with van der Waals surface area (Å²) in [6.07, 6.45) is 0.675. The Morgan fingerprint density at radius 3 is 2.00 bits per heavy atom. The van der Waals surface area contributed by atoms with Crippen LogP contribution in [-0.2, 0) is 10.2 Å². The highest BCUT2D eigenvalue weighted by Gasteiger charge is 2.67. The van der Waals surface area contributed by atoms with Crippen LogP contribution in [0.4, 0.5) is 0 Å². The maximum Gasteiger partial charge on any atom is 0.314 e. The van der Waals surface area contributed by atoms with Crippen molar-refractivity contribution in [2.24, 2.45) is 5.41 Å². The number of rotatable bonds is 4. The molecular formula is C18H18O3. The van der Waals surface area contributed by atoms with E-state index in [4.69, 9.17) is 4.74 Å². The highest BCUT2D eigenvalue weighted by molar-refractivity contribution is 5.87. The lowest BCUT2D eigenvalue weighted by Crippen LogP contribution is -2.25. The van der Waals surface area contributed by atoms with Crippen molar-refractivity contribution in [1.29, 1.82) is 0 Å². The van der Waals surface area contributed by atoms with Gasteiger partial charge < -0.3 is 9.84 Å². The Morgan fingerprint density at radius 2 is 1.52 bits per heavy atom. The third-order valence-corrected chi connectivity index (χ3v) is 4.43. The van der Waals surface area contributed by atoms with Gasteiger partial charge in [-0.2, -0.15) is 0 Å². The summed E-state index contributed by atoms with van der Waals surface area (Å²) < 4.78 is 5.73. The maximum absolute atomic E-state index is 11.6. The summed E-state index contributed by atoms with van der Waals surface area (Å²) in [6.45, 7) is 3.99. The lowest BCUT2D eigenvalue weighted by atomic mass is 9.88. The zero-order chi connectivity index (χ0) is 15.1. The average molecular weight is 282 g/mol. The minimum atomic E-state index is -0.752. The van der Waals surface area contributed by atoms with Gasteiger partial charge >= 0.3 is 5.97 Å². The molecule has 0 amide bonds. The predicted octanol–water partition coefficient (Wildman–Crippen LogP) is 4.23. The summed E-state index contributed by atoms with van der Waals surface area (Å²) in [7, 11) is 0. The highest BCUT2D eigenvalue weighted by atomic mass is 16.5. The Hall–Kier alpha value is -2.29. The van der Waals surface area contributed by atoms with Crippen LogP contribution in [0.5, 0.6) is 11.5 Å². The van der Waals surface area contributed by atoms with Gasteiger partial charge in [0.15, 0.2) is 0 Å². The van der Waals surface area contributed by atoms with Gasteiger partial charge in [0, 0.05) is 0 Å². The van der Waals surface area contributed by atoms with Gasteiger partial charge in [0.2, 0.25) is 0 Å². The van der Waals surface area contributed by atoms with E-state index in [0.29, 0.717) is 12.2 Å². The molecule has 21 heavy (non-hydrogen) atoms. The highest BCUT2D eigenvalue weighted by Crippen LogP contribution is 2.64. The molecule has 3 rings (SSSR count). The van der Waals surface area contributed by atoms with E-state index in [1.807, 2.05) is 68.4 Å². The number of aliphatic carboxylic acids is 1. The van der Waals surface area contributed by atoms with Crippen LogP contribution in [0.3, 0.4) is 0 Å². The monoisotopic (exact) mass is 282 g/mol. The zero-order valence-electron chi connectivity index (χ0n) is 12.2. The van der Waals surface area contributed by atoms with Crippen LogP contribution in [0.15, 0.2) is 54.6 Å². The first-order valence-electron chi connectivity index (χ1n) is 7.03. The molecule has 0 aromatic heterocycles. The summed E-state index contributed by atoms with van der Waals surface area (Å²) in [5, 5.41) is 9.57. The van der Waals surface area contributed by atoms with E-state index in [1.165, 1.54) is 0 Å². The molecule has 0 bridgehead atoms. The molecule has 1 N–H and O–H groups in total. The van der Waals surface area contributed by atoms with Crippen LogP contribution < -0.4 is 4.74 Å². The van der Waals surface area contributed by atoms with Gasteiger partial charge in [0.05, 0.1) is 5.41 Å². The van der Waals surface area contributed by atoms with E-state index < -0.39 is 11.4 Å².